The topological polar surface area (TPSA) is 57.5 Å². The standard InChI is InChI=1S/C11H21O6/c1-12-6-7-8(13-2)9(14-3)10(15-4)11(16-5)17-7/h7-10H,6H2,1-5H3/q+1/t7-,8-,9+,10-/m1/s1. The van der Waals surface area contributed by atoms with E-state index in [1.54, 1.807) is 28.4 Å². The van der Waals surface area contributed by atoms with Crippen LogP contribution in [-0.2, 0) is 28.1 Å². The summed E-state index contributed by atoms with van der Waals surface area (Å²) < 4.78 is 32.1. The van der Waals surface area contributed by atoms with Gasteiger partial charge in [0.25, 0.3) is 0 Å². The van der Waals surface area contributed by atoms with Gasteiger partial charge in [0, 0.05) is 28.4 Å². The van der Waals surface area contributed by atoms with Crippen LogP contribution in [0.25, 0.3) is 0 Å². The third-order valence-electron chi connectivity index (χ3n) is 2.82. The van der Waals surface area contributed by atoms with Gasteiger partial charge in [-0.3, -0.25) is 0 Å². The van der Waals surface area contributed by atoms with Gasteiger partial charge in [0.1, 0.15) is 12.7 Å². The molecule has 6 heteroatoms. The largest absolute Gasteiger partial charge is 0.518 e. The average molecular weight is 249 g/mol. The Morgan fingerprint density at radius 3 is 2.12 bits per heavy atom. The van der Waals surface area contributed by atoms with E-state index >= 15 is 0 Å². The van der Waals surface area contributed by atoms with Crippen molar-refractivity contribution in [3.63, 3.8) is 0 Å². The molecule has 0 N–H and O–H groups in total. The predicted octanol–water partition coefficient (Wildman–Crippen LogP) is -0.231. The van der Waals surface area contributed by atoms with Gasteiger partial charge in [-0.1, -0.05) is 0 Å². The molecular weight excluding hydrogens is 228 g/mol. The molecule has 0 unspecified atom stereocenters. The number of methoxy groups -OCH3 is 4. The maximum absolute atomic E-state index is 5.65. The summed E-state index contributed by atoms with van der Waals surface area (Å²) in [4.78, 5) is 0. The van der Waals surface area contributed by atoms with E-state index < -0.39 is 6.10 Å². The van der Waals surface area contributed by atoms with Crippen LogP contribution in [0.1, 0.15) is 0 Å². The minimum atomic E-state index is -0.414. The van der Waals surface area contributed by atoms with Crippen LogP contribution < -0.4 is 0 Å². The van der Waals surface area contributed by atoms with Crippen molar-refractivity contribution in [2.45, 2.75) is 24.4 Å². The van der Waals surface area contributed by atoms with Crippen molar-refractivity contribution in [2.24, 2.45) is 0 Å². The summed E-state index contributed by atoms with van der Waals surface area (Å²) in [6.45, 7) is 0.391. The number of cyclic esters (lactones) is 1. The first-order valence-electron chi connectivity index (χ1n) is 5.38. The quantitative estimate of drug-likeness (QED) is 0.497. The maximum atomic E-state index is 5.65. The lowest BCUT2D eigenvalue weighted by Gasteiger charge is -2.34. The molecule has 0 aromatic carbocycles. The molecule has 0 amide bonds. The van der Waals surface area contributed by atoms with Gasteiger partial charge in [-0.15, -0.1) is 0 Å². The van der Waals surface area contributed by atoms with Crippen LogP contribution in [0.2, 0.25) is 0 Å². The summed E-state index contributed by atoms with van der Waals surface area (Å²) >= 11 is 0. The third kappa shape index (κ3) is 2.95. The van der Waals surface area contributed by atoms with Crippen LogP contribution in [0.15, 0.2) is 0 Å². The van der Waals surface area contributed by atoms with E-state index in [1.807, 2.05) is 0 Å². The number of rotatable bonds is 5. The summed E-state index contributed by atoms with van der Waals surface area (Å²) in [6, 6.07) is 0. The molecule has 0 saturated carbocycles. The lowest BCUT2D eigenvalue weighted by Crippen LogP contribution is -2.59. The van der Waals surface area contributed by atoms with Gasteiger partial charge in [0.05, 0.1) is 0 Å². The van der Waals surface area contributed by atoms with Gasteiger partial charge in [0.15, 0.2) is 13.2 Å². The minimum absolute atomic E-state index is 0.274. The van der Waals surface area contributed by atoms with Gasteiger partial charge in [0.2, 0.25) is 12.2 Å². The summed E-state index contributed by atoms with van der Waals surface area (Å²) in [5, 5.41) is 0. The van der Waals surface area contributed by atoms with Gasteiger partial charge < -0.3 is 28.1 Å². The zero-order chi connectivity index (χ0) is 12.8. The molecule has 0 radical (unpaired) electrons. The zero-order valence-electron chi connectivity index (χ0n) is 11.0. The lowest BCUT2D eigenvalue weighted by atomic mass is 9.99. The van der Waals surface area contributed by atoms with E-state index in [-0.39, 0.29) is 18.3 Å². The van der Waals surface area contributed by atoms with Crippen LogP contribution in [0, 0.1) is 0 Å². The summed E-state index contributed by atoms with van der Waals surface area (Å²) in [5.74, 6) is 0.384. The molecule has 1 aliphatic heterocycles. The van der Waals surface area contributed by atoms with Crippen molar-refractivity contribution in [1.82, 2.24) is 0 Å². The fraction of sp³-hybridized carbons (Fsp3) is 0.909. The Labute approximate surface area is 101 Å². The molecule has 1 heterocycles. The van der Waals surface area contributed by atoms with E-state index in [9.17, 15) is 0 Å². The first kappa shape index (κ1) is 14.4. The SMILES string of the molecule is COC[C@H]1OC(=[O+]C)[C@H](OC)[C@@H](OC)[C@@H]1OC. The van der Waals surface area contributed by atoms with Gasteiger partial charge in [-0.25, -0.2) is 0 Å². The van der Waals surface area contributed by atoms with Crippen LogP contribution in [0.3, 0.4) is 0 Å². The van der Waals surface area contributed by atoms with Crippen molar-refractivity contribution >= 4 is 5.97 Å². The number of esters is 1. The zero-order valence-corrected chi connectivity index (χ0v) is 11.0. The molecule has 0 aromatic rings. The second kappa shape index (κ2) is 6.90. The molecule has 0 aliphatic carbocycles. The monoisotopic (exact) mass is 249 g/mol. The average Bonchev–Trinajstić information content (AvgIpc) is 2.37. The Bertz CT molecular complexity index is 254. The molecule has 4 atom stereocenters. The Morgan fingerprint density at radius 2 is 1.71 bits per heavy atom. The van der Waals surface area contributed by atoms with E-state index in [4.69, 9.17) is 28.1 Å². The van der Waals surface area contributed by atoms with Crippen LogP contribution >= 0.6 is 0 Å². The minimum Gasteiger partial charge on any atom is -0.378 e. The molecule has 1 aliphatic rings. The molecular formula is C11H21O6+. The highest BCUT2D eigenvalue weighted by Crippen LogP contribution is 2.23. The van der Waals surface area contributed by atoms with Crippen molar-refractivity contribution in [1.29, 1.82) is 0 Å². The van der Waals surface area contributed by atoms with Gasteiger partial charge >= 0.3 is 5.97 Å². The lowest BCUT2D eigenvalue weighted by molar-refractivity contribution is -0.442. The van der Waals surface area contributed by atoms with Crippen molar-refractivity contribution < 1.29 is 28.1 Å². The fourth-order valence-electron chi connectivity index (χ4n) is 2.03. The molecule has 100 valence electrons. The van der Waals surface area contributed by atoms with E-state index in [0.29, 0.717) is 12.6 Å². The Hall–Kier alpha value is -0.690. The van der Waals surface area contributed by atoms with E-state index in [1.165, 1.54) is 7.11 Å². The molecule has 1 rings (SSSR count). The first-order valence-corrected chi connectivity index (χ1v) is 5.38. The second-order valence-electron chi connectivity index (χ2n) is 3.69. The van der Waals surface area contributed by atoms with Crippen molar-refractivity contribution in [2.75, 3.05) is 42.2 Å². The third-order valence-corrected chi connectivity index (χ3v) is 2.82. The van der Waals surface area contributed by atoms with Gasteiger partial charge in [-0.2, -0.15) is 0 Å². The van der Waals surface area contributed by atoms with E-state index in [2.05, 4.69) is 0 Å². The highest BCUT2D eigenvalue weighted by molar-refractivity contribution is 5.77. The number of hydrogen-bond donors (Lipinski definition) is 0. The molecule has 0 bridgehead atoms. The van der Waals surface area contributed by atoms with Gasteiger partial charge in [-0.05, 0) is 0 Å². The highest BCUT2D eigenvalue weighted by Gasteiger charge is 2.53. The van der Waals surface area contributed by atoms with Crippen LogP contribution in [0.5, 0.6) is 0 Å². The molecule has 6 nitrogen and oxygen atoms in total. The number of ether oxygens (including phenoxy) is 5. The summed E-state index contributed by atoms with van der Waals surface area (Å²) in [5.41, 5.74) is 0. The normalized spacial score (nSPS) is 35.9. The molecule has 0 spiro atoms. The number of carbonyl (C=O) groups excluding carboxylic acids is 1. The molecule has 0 aromatic heterocycles. The number of hydrogen-bond acceptors (Lipinski definition) is 5. The Morgan fingerprint density at radius 1 is 1.06 bits per heavy atom. The second-order valence-corrected chi connectivity index (χ2v) is 3.69. The van der Waals surface area contributed by atoms with Crippen molar-refractivity contribution in [3.8, 4) is 0 Å². The predicted molar refractivity (Wildman–Crippen MR) is 60.1 cm³/mol. The molecule has 1 saturated heterocycles. The smallest absolute Gasteiger partial charge is 0.378 e. The summed E-state index contributed by atoms with van der Waals surface area (Å²) in [6.07, 6.45) is -1.27. The molecule has 1 fully saturated rings. The first-order chi connectivity index (χ1) is 8.23. The highest BCUT2D eigenvalue weighted by atomic mass is 16.7. The van der Waals surface area contributed by atoms with Crippen LogP contribution in [-0.4, -0.2) is 72.5 Å². The Kier molecular flexibility index (Phi) is 5.84. The maximum Gasteiger partial charge on any atom is 0.518 e. The molecule has 17 heavy (non-hydrogen) atoms. The van der Waals surface area contributed by atoms with E-state index in [0.717, 1.165) is 0 Å². The Balaban J connectivity index is 2.92. The van der Waals surface area contributed by atoms with Crippen molar-refractivity contribution in [3.05, 3.63) is 0 Å². The van der Waals surface area contributed by atoms with Crippen LogP contribution in [0.4, 0.5) is 0 Å². The summed E-state index contributed by atoms with van der Waals surface area (Å²) in [7, 11) is 7.92. The fourth-order valence-corrected chi connectivity index (χ4v) is 2.03.